The third-order valence-corrected chi connectivity index (χ3v) is 5.79. The van der Waals surface area contributed by atoms with Crippen LogP contribution >= 0.6 is 11.6 Å². The molecule has 1 saturated carbocycles. The van der Waals surface area contributed by atoms with Crippen molar-refractivity contribution in [3.05, 3.63) is 28.5 Å². The number of halogens is 2. The lowest BCUT2D eigenvalue weighted by atomic mass is 10.2. The minimum atomic E-state index is -3.67. The lowest BCUT2D eigenvalue weighted by molar-refractivity contribution is 0.452. The van der Waals surface area contributed by atoms with E-state index in [1.807, 2.05) is 6.92 Å². The van der Waals surface area contributed by atoms with Crippen molar-refractivity contribution >= 4 is 21.6 Å². The molecule has 0 aromatic heterocycles. The molecule has 1 aliphatic rings. The van der Waals surface area contributed by atoms with E-state index in [2.05, 4.69) is 5.32 Å². The van der Waals surface area contributed by atoms with Gasteiger partial charge in [-0.15, -0.1) is 0 Å². The summed E-state index contributed by atoms with van der Waals surface area (Å²) >= 11 is 5.90. The molecule has 0 aliphatic heterocycles. The SMILES string of the molecule is CCNCc1cc(S(=O)(=O)N(C)CC2CC2)cc(F)c1Cl. The molecule has 2 rings (SSSR count). The van der Waals surface area contributed by atoms with Crippen molar-refractivity contribution in [2.45, 2.75) is 31.2 Å². The van der Waals surface area contributed by atoms with Gasteiger partial charge in [-0.1, -0.05) is 18.5 Å². The van der Waals surface area contributed by atoms with Gasteiger partial charge in [0, 0.05) is 20.1 Å². The van der Waals surface area contributed by atoms with Gasteiger partial charge in [0.1, 0.15) is 5.82 Å². The molecule has 1 aromatic carbocycles. The molecule has 0 amide bonds. The summed E-state index contributed by atoms with van der Waals surface area (Å²) in [5.41, 5.74) is 0.455. The van der Waals surface area contributed by atoms with Crippen molar-refractivity contribution in [1.82, 2.24) is 9.62 Å². The number of benzene rings is 1. The van der Waals surface area contributed by atoms with Crippen molar-refractivity contribution < 1.29 is 12.8 Å². The molecule has 118 valence electrons. The molecule has 1 N–H and O–H groups in total. The van der Waals surface area contributed by atoms with Gasteiger partial charge in [0.25, 0.3) is 0 Å². The Morgan fingerprint density at radius 3 is 2.67 bits per heavy atom. The fourth-order valence-electron chi connectivity index (χ4n) is 2.10. The molecule has 0 bridgehead atoms. The largest absolute Gasteiger partial charge is 0.313 e. The second-order valence-electron chi connectivity index (χ2n) is 5.39. The Kier molecular flexibility index (Phi) is 5.24. The van der Waals surface area contributed by atoms with E-state index >= 15 is 0 Å². The maximum Gasteiger partial charge on any atom is 0.242 e. The van der Waals surface area contributed by atoms with Gasteiger partial charge in [-0.25, -0.2) is 17.1 Å². The van der Waals surface area contributed by atoms with Gasteiger partial charge >= 0.3 is 0 Å². The molecule has 4 nitrogen and oxygen atoms in total. The molecule has 1 aromatic rings. The Bertz CT molecular complexity index is 618. The molecule has 0 unspecified atom stereocenters. The molecular formula is C14H20ClFN2O2S. The minimum Gasteiger partial charge on any atom is -0.313 e. The fraction of sp³-hybridized carbons (Fsp3) is 0.571. The van der Waals surface area contributed by atoms with Crippen molar-refractivity contribution in [2.75, 3.05) is 20.1 Å². The number of rotatable bonds is 7. The molecule has 21 heavy (non-hydrogen) atoms. The van der Waals surface area contributed by atoms with Gasteiger partial charge in [-0.3, -0.25) is 0 Å². The summed E-state index contributed by atoms with van der Waals surface area (Å²) in [7, 11) is -2.14. The zero-order chi connectivity index (χ0) is 15.6. The fourth-order valence-corrected chi connectivity index (χ4v) is 3.58. The van der Waals surface area contributed by atoms with E-state index in [4.69, 9.17) is 11.6 Å². The van der Waals surface area contributed by atoms with E-state index in [0.717, 1.165) is 18.9 Å². The normalized spacial score (nSPS) is 15.7. The topological polar surface area (TPSA) is 49.4 Å². The summed E-state index contributed by atoms with van der Waals surface area (Å²) in [6, 6.07) is 2.45. The third-order valence-electron chi connectivity index (χ3n) is 3.56. The van der Waals surface area contributed by atoms with Crippen molar-refractivity contribution in [1.29, 1.82) is 0 Å². The van der Waals surface area contributed by atoms with E-state index in [1.165, 1.54) is 17.4 Å². The Hall–Kier alpha value is -0.690. The first-order valence-corrected chi connectivity index (χ1v) is 8.83. The van der Waals surface area contributed by atoms with E-state index in [9.17, 15) is 12.8 Å². The lowest BCUT2D eigenvalue weighted by Gasteiger charge is -2.18. The van der Waals surface area contributed by atoms with Crippen LogP contribution < -0.4 is 5.32 Å². The third kappa shape index (κ3) is 3.94. The Morgan fingerprint density at radius 1 is 1.43 bits per heavy atom. The van der Waals surface area contributed by atoms with Gasteiger partial charge in [0.15, 0.2) is 0 Å². The van der Waals surface area contributed by atoms with Gasteiger partial charge in [-0.05, 0) is 43.0 Å². The summed E-state index contributed by atoms with van der Waals surface area (Å²) in [5.74, 6) is -0.270. The van der Waals surface area contributed by atoms with Crippen LogP contribution in [0.4, 0.5) is 4.39 Å². The van der Waals surface area contributed by atoms with E-state index < -0.39 is 15.8 Å². The number of hydrogen-bond acceptors (Lipinski definition) is 3. The van der Waals surface area contributed by atoms with Gasteiger partial charge in [0.2, 0.25) is 10.0 Å². The summed E-state index contributed by atoms with van der Waals surface area (Å²) in [6.45, 7) is 3.42. The monoisotopic (exact) mass is 334 g/mol. The predicted molar refractivity (Wildman–Crippen MR) is 81.3 cm³/mol. The highest BCUT2D eigenvalue weighted by atomic mass is 35.5. The maximum absolute atomic E-state index is 13.9. The number of nitrogens with one attached hydrogen (secondary N) is 1. The highest BCUT2D eigenvalue weighted by molar-refractivity contribution is 7.89. The van der Waals surface area contributed by atoms with Crippen LogP contribution in [-0.2, 0) is 16.6 Å². The predicted octanol–water partition coefficient (Wildman–Crippen LogP) is 2.62. The number of hydrogen-bond donors (Lipinski definition) is 1. The Morgan fingerprint density at radius 2 is 2.10 bits per heavy atom. The van der Waals surface area contributed by atoms with Crippen LogP contribution in [0.25, 0.3) is 0 Å². The number of sulfonamides is 1. The molecule has 0 saturated heterocycles. The molecule has 1 aliphatic carbocycles. The molecule has 0 radical (unpaired) electrons. The molecule has 1 fully saturated rings. The second-order valence-corrected chi connectivity index (χ2v) is 7.81. The van der Waals surface area contributed by atoms with Crippen molar-refractivity contribution in [3.63, 3.8) is 0 Å². The molecule has 0 atom stereocenters. The average molecular weight is 335 g/mol. The summed E-state index contributed by atoms with van der Waals surface area (Å²) in [4.78, 5) is -0.0412. The smallest absolute Gasteiger partial charge is 0.242 e. The highest BCUT2D eigenvalue weighted by Gasteiger charge is 2.30. The first-order chi connectivity index (χ1) is 9.86. The van der Waals surface area contributed by atoms with Gasteiger partial charge in [0.05, 0.1) is 9.92 Å². The first-order valence-electron chi connectivity index (χ1n) is 7.01. The van der Waals surface area contributed by atoms with Crippen molar-refractivity contribution in [3.8, 4) is 0 Å². The zero-order valence-electron chi connectivity index (χ0n) is 12.2. The number of nitrogens with zero attached hydrogens (tertiary/aromatic N) is 1. The molecule has 7 heteroatoms. The van der Waals surface area contributed by atoms with Gasteiger partial charge in [-0.2, -0.15) is 0 Å². The second kappa shape index (κ2) is 6.60. The minimum absolute atomic E-state index is 0.0280. The Labute approximate surface area is 130 Å². The van der Waals surface area contributed by atoms with Crippen LogP contribution in [0.1, 0.15) is 25.3 Å². The van der Waals surface area contributed by atoms with Crippen molar-refractivity contribution in [2.24, 2.45) is 5.92 Å². The lowest BCUT2D eigenvalue weighted by Crippen LogP contribution is -2.29. The molecule has 0 spiro atoms. The van der Waals surface area contributed by atoms with Crippen LogP contribution in [0.5, 0.6) is 0 Å². The first kappa shape index (κ1) is 16.7. The van der Waals surface area contributed by atoms with Crippen LogP contribution in [0.15, 0.2) is 17.0 Å². The van der Waals surface area contributed by atoms with E-state index in [0.29, 0.717) is 31.1 Å². The van der Waals surface area contributed by atoms with E-state index in [-0.39, 0.29) is 9.92 Å². The highest BCUT2D eigenvalue weighted by Crippen LogP contribution is 2.32. The van der Waals surface area contributed by atoms with Crippen LogP contribution in [-0.4, -0.2) is 32.9 Å². The van der Waals surface area contributed by atoms with E-state index in [1.54, 1.807) is 0 Å². The van der Waals surface area contributed by atoms with Crippen LogP contribution in [0.2, 0.25) is 5.02 Å². The standard InChI is InChI=1S/C14H20ClFN2O2S/c1-3-17-8-11-6-12(7-13(16)14(11)15)21(19,20)18(2)9-10-4-5-10/h6-7,10,17H,3-5,8-9H2,1-2H3. The zero-order valence-corrected chi connectivity index (χ0v) is 13.8. The Balaban J connectivity index is 2.30. The van der Waals surface area contributed by atoms with Crippen LogP contribution in [0.3, 0.4) is 0 Å². The van der Waals surface area contributed by atoms with Crippen LogP contribution in [0, 0.1) is 11.7 Å². The maximum atomic E-state index is 13.9. The summed E-state index contributed by atoms with van der Waals surface area (Å²) in [5, 5.41) is 3.00. The average Bonchev–Trinajstić information content (AvgIpc) is 3.24. The summed E-state index contributed by atoms with van der Waals surface area (Å²) < 4.78 is 40.2. The van der Waals surface area contributed by atoms with Gasteiger partial charge < -0.3 is 5.32 Å². The molecule has 0 heterocycles. The summed E-state index contributed by atoms with van der Waals surface area (Å²) in [6.07, 6.45) is 2.11. The molecular weight excluding hydrogens is 315 g/mol. The quantitative estimate of drug-likeness (QED) is 0.834.